The lowest BCUT2D eigenvalue weighted by Gasteiger charge is -2.30. The fourth-order valence-electron chi connectivity index (χ4n) is 6.18. The zero-order valence-corrected chi connectivity index (χ0v) is 28.1. The number of aryl methyl sites for hydroxylation is 1. The number of sulfonamides is 1. The van der Waals surface area contributed by atoms with Gasteiger partial charge in [0.15, 0.2) is 6.23 Å². The third-order valence-electron chi connectivity index (χ3n) is 8.69. The molecule has 0 aliphatic carbocycles. The summed E-state index contributed by atoms with van der Waals surface area (Å²) < 4.78 is 56.4. The van der Waals surface area contributed by atoms with Crippen molar-refractivity contribution in [1.29, 1.82) is 0 Å². The maximum absolute atomic E-state index is 15.1. The fraction of sp³-hybridized carbons (Fsp3) is 0.194. The predicted octanol–water partition coefficient (Wildman–Crippen LogP) is 6.01. The Kier molecular flexibility index (Phi) is 7.66. The van der Waals surface area contributed by atoms with Crippen molar-refractivity contribution in [3.8, 4) is 39.7 Å². The van der Waals surface area contributed by atoms with Gasteiger partial charge >= 0.3 is 0 Å². The van der Waals surface area contributed by atoms with Gasteiger partial charge in [-0.3, -0.25) is 13.9 Å². The summed E-state index contributed by atoms with van der Waals surface area (Å²) in [5.41, 5.74) is 4.83. The molecule has 250 valence electrons. The number of halogens is 1. The molecule has 3 aromatic heterocycles. The molecular weight excluding hydrogens is 649 g/mol. The Morgan fingerprint density at radius 3 is 2.49 bits per heavy atom. The van der Waals surface area contributed by atoms with Crippen molar-refractivity contribution in [2.45, 2.75) is 20.1 Å². The van der Waals surface area contributed by atoms with Crippen molar-refractivity contribution in [3.05, 3.63) is 89.7 Å². The molecule has 0 radical (unpaired) electrons. The third-order valence-corrected chi connectivity index (χ3v) is 9.89. The van der Waals surface area contributed by atoms with Crippen LogP contribution in [0.5, 0.6) is 5.75 Å². The molecule has 1 atom stereocenters. The Labute approximate surface area is 281 Å². The van der Waals surface area contributed by atoms with Crippen LogP contribution in [0.1, 0.15) is 29.1 Å². The number of benzene rings is 3. The van der Waals surface area contributed by atoms with Crippen LogP contribution >= 0.6 is 0 Å². The Morgan fingerprint density at radius 1 is 1.04 bits per heavy atom. The minimum Gasteiger partial charge on any atom is -0.466 e. The van der Waals surface area contributed by atoms with Gasteiger partial charge in [-0.25, -0.2) is 17.8 Å². The first-order valence-corrected chi connectivity index (χ1v) is 17.3. The van der Waals surface area contributed by atoms with E-state index in [0.29, 0.717) is 61.6 Å². The first-order chi connectivity index (χ1) is 23.3. The molecule has 49 heavy (non-hydrogen) atoms. The zero-order valence-electron chi connectivity index (χ0n) is 27.3. The number of anilines is 1. The summed E-state index contributed by atoms with van der Waals surface area (Å²) in [7, 11) is -0.810. The molecule has 7 rings (SSSR count). The monoisotopic (exact) mass is 681 g/mol. The molecule has 0 bridgehead atoms. The van der Waals surface area contributed by atoms with Gasteiger partial charge in [-0.15, -0.1) is 0 Å². The molecule has 0 fully saturated rings. The van der Waals surface area contributed by atoms with E-state index >= 15 is 4.39 Å². The normalized spacial score (nSPS) is 13.9. The van der Waals surface area contributed by atoms with Crippen LogP contribution in [-0.4, -0.2) is 56.7 Å². The number of hydrogen-bond acceptors (Lipinski definition) is 7. The summed E-state index contributed by atoms with van der Waals surface area (Å²) >= 11 is 0. The van der Waals surface area contributed by atoms with Crippen LogP contribution in [0.25, 0.3) is 55.8 Å². The Hall–Kier alpha value is -5.69. The number of rotatable bonds is 7. The smallest absolute Gasteiger partial charge is 0.255 e. The molecule has 13 heteroatoms. The number of amides is 2. The van der Waals surface area contributed by atoms with Crippen LogP contribution < -0.4 is 19.7 Å². The summed E-state index contributed by atoms with van der Waals surface area (Å²) in [6.45, 7) is 3.48. The second kappa shape index (κ2) is 11.8. The van der Waals surface area contributed by atoms with Crippen molar-refractivity contribution in [1.82, 2.24) is 20.2 Å². The van der Waals surface area contributed by atoms with Gasteiger partial charge in [0.2, 0.25) is 15.9 Å². The number of carbonyl (C=O) groups excluding carboxylic acids is 2. The quantitative estimate of drug-likeness (QED) is 0.211. The van der Waals surface area contributed by atoms with Crippen molar-refractivity contribution >= 4 is 49.4 Å². The van der Waals surface area contributed by atoms with Gasteiger partial charge < -0.3 is 24.4 Å². The Balaban J connectivity index is 1.47. The van der Waals surface area contributed by atoms with Gasteiger partial charge in [-0.2, -0.15) is 0 Å². The van der Waals surface area contributed by atoms with Gasteiger partial charge in [0.1, 0.15) is 28.6 Å². The summed E-state index contributed by atoms with van der Waals surface area (Å²) in [5, 5.41) is 6.28. The Morgan fingerprint density at radius 2 is 1.80 bits per heavy atom. The van der Waals surface area contributed by atoms with Gasteiger partial charge in [0.25, 0.3) is 5.91 Å². The molecule has 0 saturated heterocycles. The topological polar surface area (TPSA) is 136 Å². The number of fused-ring (bicyclic) bond motifs is 6. The predicted molar refractivity (Wildman–Crippen MR) is 185 cm³/mol. The lowest BCUT2D eigenvalue weighted by atomic mass is 10.00. The second-order valence-corrected chi connectivity index (χ2v) is 14.0. The third kappa shape index (κ3) is 5.45. The molecule has 2 amide bonds. The van der Waals surface area contributed by atoms with E-state index in [1.807, 2.05) is 31.2 Å². The number of pyridine rings is 1. The van der Waals surface area contributed by atoms with Gasteiger partial charge in [0.05, 0.1) is 41.0 Å². The summed E-state index contributed by atoms with van der Waals surface area (Å²) in [6, 6.07) is 20.6. The van der Waals surface area contributed by atoms with Crippen LogP contribution in [0.15, 0.2) is 77.2 Å². The molecule has 11 nitrogen and oxygen atoms in total. The van der Waals surface area contributed by atoms with E-state index in [9.17, 15) is 18.0 Å². The van der Waals surface area contributed by atoms with Crippen LogP contribution in [0.2, 0.25) is 0 Å². The van der Waals surface area contributed by atoms with Gasteiger partial charge in [-0.05, 0) is 43.3 Å². The number of aromatic nitrogens is 2. The number of hydrogen-bond donors (Lipinski definition) is 2. The molecule has 1 unspecified atom stereocenters. The highest BCUT2D eigenvalue weighted by atomic mass is 32.2. The number of furan rings is 1. The van der Waals surface area contributed by atoms with E-state index in [-0.39, 0.29) is 29.6 Å². The van der Waals surface area contributed by atoms with E-state index in [0.717, 1.165) is 16.1 Å². The van der Waals surface area contributed by atoms with Crippen molar-refractivity contribution in [3.63, 3.8) is 0 Å². The molecule has 1 aliphatic rings. The minimum atomic E-state index is -3.77. The molecule has 2 N–H and O–H groups in total. The van der Waals surface area contributed by atoms with Crippen LogP contribution in [0, 0.1) is 12.7 Å². The number of nitrogens with zero attached hydrogens (tertiary/aromatic N) is 3. The first-order valence-electron chi connectivity index (χ1n) is 15.4. The van der Waals surface area contributed by atoms with Gasteiger partial charge in [0, 0.05) is 49.0 Å². The zero-order chi connectivity index (χ0) is 34.8. The molecule has 6 aromatic rings. The highest BCUT2D eigenvalue weighted by molar-refractivity contribution is 7.92. The van der Waals surface area contributed by atoms with Crippen LogP contribution in [-0.2, 0) is 14.8 Å². The summed E-state index contributed by atoms with van der Waals surface area (Å²) in [5.74, 6) is -0.323. The minimum absolute atomic E-state index is 0.121. The van der Waals surface area contributed by atoms with E-state index in [1.54, 1.807) is 47.0 Å². The summed E-state index contributed by atoms with van der Waals surface area (Å²) in [4.78, 5) is 30.2. The number of ether oxygens (including phenoxy) is 1. The maximum atomic E-state index is 15.1. The lowest BCUT2D eigenvalue weighted by molar-refractivity contribution is -0.119. The molecule has 4 heterocycles. The average molecular weight is 682 g/mol. The molecule has 0 saturated carbocycles. The lowest BCUT2D eigenvalue weighted by Crippen LogP contribution is -2.34. The highest BCUT2D eigenvalue weighted by Gasteiger charge is 2.31. The molecule has 1 aliphatic heterocycles. The van der Waals surface area contributed by atoms with E-state index in [2.05, 4.69) is 10.6 Å². The van der Waals surface area contributed by atoms with Crippen molar-refractivity contribution in [2.24, 2.45) is 0 Å². The van der Waals surface area contributed by atoms with E-state index in [4.69, 9.17) is 14.1 Å². The molecule has 0 spiro atoms. The summed E-state index contributed by atoms with van der Waals surface area (Å²) in [6.07, 6.45) is 0.399. The highest BCUT2D eigenvalue weighted by Crippen LogP contribution is 2.45. The molecular formula is C36H32FN5O6S. The van der Waals surface area contributed by atoms with Gasteiger partial charge in [-0.1, -0.05) is 35.9 Å². The van der Waals surface area contributed by atoms with Crippen molar-refractivity contribution < 1.29 is 31.6 Å². The standard InChI is InChI=1S/C36H32FN5O6S/c1-19-9-11-21(12-10-19)35-33(36(44)38-3)24-15-23(28(17-31(24)48-35)41(4)49(5,45)46)26-13-14-30-34(40-26)29-16-22-25(37)7-6-8-27(22)42(29)32(47-30)18-39-20(2)43/h6-17,32H,18H2,1-5H3,(H,38,44)(H,39,43). The van der Waals surface area contributed by atoms with E-state index < -0.39 is 22.1 Å². The largest absolute Gasteiger partial charge is 0.466 e. The van der Waals surface area contributed by atoms with Crippen LogP contribution in [0.4, 0.5) is 10.1 Å². The van der Waals surface area contributed by atoms with E-state index in [1.165, 1.54) is 27.1 Å². The number of nitrogens with one attached hydrogen (secondary N) is 2. The van der Waals surface area contributed by atoms with Crippen LogP contribution in [0.3, 0.4) is 0 Å². The second-order valence-electron chi connectivity index (χ2n) is 12.0. The number of carbonyl (C=O) groups is 2. The first kappa shape index (κ1) is 31.9. The van der Waals surface area contributed by atoms with Crippen molar-refractivity contribution in [2.75, 3.05) is 31.2 Å². The average Bonchev–Trinajstić information content (AvgIpc) is 3.66. The maximum Gasteiger partial charge on any atom is 0.255 e. The molecule has 3 aromatic carbocycles. The fourth-order valence-corrected chi connectivity index (χ4v) is 6.69. The Bertz CT molecular complexity index is 2430. The SMILES string of the molecule is CNC(=O)c1c(-c2ccc(C)cc2)oc2cc(N(C)S(C)(=O)=O)c(-c3ccc4c(n3)-c3cc5c(F)cccc5n3C(CNC(C)=O)O4)cc12.